The molecule has 4 nitrogen and oxygen atoms in total. The first kappa shape index (κ1) is 18.9. The van der Waals surface area contributed by atoms with Gasteiger partial charge in [-0.2, -0.15) is 0 Å². The molecule has 2 aromatic carbocycles. The maximum Gasteiger partial charge on any atom is 0.228 e. The standard InChI is InChI=1S/C23H25NO3/c1-16-10-11-20-19(12-16)21(25)18(15-27-20)14-24(22(26)23(2,3)4)13-17-8-6-5-7-9-17/h5-12,15H,13-14H2,1-4H3. The summed E-state index contributed by atoms with van der Waals surface area (Å²) in [5, 5.41) is 0.551. The number of rotatable bonds is 4. The number of fused-ring (bicyclic) bond motifs is 1. The fraction of sp³-hybridized carbons (Fsp3) is 0.304. The highest BCUT2D eigenvalue weighted by atomic mass is 16.3. The van der Waals surface area contributed by atoms with Gasteiger partial charge in [0.25, 0.3) is 0 Å². The summed E-state index contributed by atoms with van der Waals surface area (Å²) in [5.41, 5.74) is 2.45. The molecule has 4 heteroatoms. The van der Waals surface area contributed by atoms with Crippen LogP contribution in [0.3, 0.4) is 0 Å². The number of hydrogen-bond acceptors (Lipinski definition) is 3. The number of amides is 1. The molecule has 0 aliphatic rings. The Labute approximate surface area is 159 Å². The third kappa shape index (κ3) is 4.27. The highest BCUT2D eigenvalue weighted by Gasteiger charge is 2.28. The van der Waals surface area contributed by atoms with E-state index in [1.165, 1.54) is 6.26 Å². The Kier molecular flexibility index (Phi) is 5.17. The van der Waals surface area contributed by atoms with Gasteiger partial charge in [-0.3, -0.25) is 9.59 Å². The van der Waals surface area contributed by atoms with Crippen LogP contribution >= 0.6 is 0 Å². The summed E-state index contributed by atoms with van der Waals surface area (Å²) in [7, 11) is 0. The van der Waals surface area contributed by atoms with Gasteiger partial charge < -0.3 is 9.32 Å². The maximum absolute atomic E-state index is 13.0. The van der Waals surface area contributed by atoms with Crippen molar-refractivity contribution < 1.29 is 9.21 Å². The highest BCUT2D eigenvalue weighted by Crippen LogP contribution is 2.22. The number of nitrogens with zero attached hydrogens (tertiary/aromatic N) is 1. The molecule has 0 saturated heterocycles. The van der Waals surface area contributed by atoms with Crippen molar-refractivity contribution in [1.82, 2.24) is 4.90 Å². The first-order valence-corrected chi connectivity index (χ1v) is 9.10. The predicted octanol–water partition coefficient (Wildman–Crippen LogP) is 4.68. The van der Waals surface area contributed by atoms with Crippen LogP contribution in [0.5, 0.6) is 0 Å². The molecule has 0 aliphatic heterocycles. The molecule has 0 bridgehead atoms. The molecule has 0 N–H and O–H groups in total. The van der Waals surface area contributed by atoms with Gasteiger partial charge in [0.2, 0.25) is 5.91 Å². The van der Waals surface area contributed by atoms with Crippen molar-refractivity contribution in [2.75, 3.05) is 0 Å². The van der Waals surface area contributed by atoms with E-state index in [9.17, 15) is 9.59 Å². The molecule has 0 unspecified atom stereocenters. The Hall–Kier alpha value is -2.88. The topological polar surface area (TPSA) is 50.5 Å². The molecule has 1 heterocycles. The lowest BCUT2D eigenvalue weighted by atomic mass is 9.94. The van der Waals surface area contributed by atoms with E-state index in [2.05, 4.69) is 0 Å². The van der Waals surface area contributed by atoms with Gasteiger partial charge in [0.05, 0.1) is 23.8 Å². The molecule has 0 aliphatic carbocycles. The zero-order chi connectivity index (χ0) is 19.6. The van der Waals surface area contributed by atoms with Gasteiger partial charge in [-0.15, -0.1) is 0 Å². The second-order valence-electron chi connectivity index (χ2n) is 7.99. The molecule has 1 aromatic heterocycles. The van der Waals surface area contributed by atoms with Crippen LogP contribution in [0.4, 0.5) is 0 Å². The van der Waals surface area contributed by atoms with Crippen LogP contribution in [0.15, 0.2) is 64.0 Å². The maximum atomic E-state index is 13.0. The number of hydrogen-bond donors (Lipinski definition) is 0. The molecule has 1 amide bonds. The van der Waals surface area contributed by atoms with Crippen molar-refractivity contribution in [2.24, 2.45) is 5.41 Å². The minimum Gasteiger partial charge on any atom is -0.464 e. The molecule has 3 rings (SSSR count). The predicted molar refractivity (Wildman–Crippen MR) is 107 cm³/mol. The van der Waals surface area contributed by atoms with Crippen LogP contribution in [0.1, 0.15) is 37.5 Å². The molecule has 3 aromatic rings. The zero-order valence-corrected chi connectivity index (χ0v) is 16.3. The third-order valence-electron chi connectivity index (χ3n) is 4.51. The van der Waals surface area contributed by atoms with Crippen LogP contribution in [0, 0.1) is 12.3 Å². The molecule has 0 spiro atoms. The molecule has 0 radical (unpaired) electrons. The average Bonchev–Trinajstić information content (AvgIpc) is 2.63. The average molecular weight is 363 g/mol. The highest BCUT2D eigenvalue weighted by molar-refractivity contribution is 5.82. The van der Waals surface area contributed by atoms with E-state index in [1.807, 2.05) is 70.2 Å². The Morgan fingerprint density at radius 3 is 2.41 bits per heavy atom. The summed E-state index contributed by atoms with van der Waals surface area (Å²) in [5.74, 6) is -0.00454. The summed E-state index contributed by atoms with van der Waals surface area (Å²) in [6, 6.07) is 15.3. The Morgan fingerprint density at radius 1 is 1.04 bits per heavy atom. The lowest BCUT2D eigenvalue weighted by molar-refractivity contribution is -0.140. The number of carbonyl (C=O) groups excluding carboxylic acids is 1. The summed E-state index contributed by atoms with van der Waals surface area (Å²) in [6.45, 7) is 8.27. The van der Waals surface area contributed by atoms with Crippen LogP contribution < -0.4 is 5.43 Å². The SMILES string of the molecule is Cc1ccc2occ(CN(Cc3ccccc3)C(=O)C(C)(C)C)c(=O)c2c1. The van der Waals surface area contributed by atoms with Crippen molar-refractivity contribution >= 4 is 16.9 Å². The third-order valence-corrected chi connectivity index (χ3v) is 4.51. The first-order valence-electron chi connectivity index (χ1n) is 9.10. The Balaban J connectivity index is 1.98. The van der Waals surface area contributed by atoms with E-state index in [-0.39, 0.29) is 17.9 Å². The molecule has 140 valence electrons. The normalized spacial score (nSPS) is 11.6. The Bertz CT molecular complexity index is 1010. The van der Waals surface area contributed by atoms with Crippen molar-refractivity contribution in [3.63, 3.8) is 0 Å². The van der Waals surface area contributed by atoms with E-state index in [0.29, 0.717) is 23.1 Å². The second-order valence-corrected chi connectivity index (χ2v) is 7.99. The smallest absolute Gasteiger partial charge is 0.228 e. The van der Waals surface area contributed by atoms with E-state index in [4.69, 9.17) is 4.42 Å². The molecular weight excluding hydrogens is 338 g/mol. The molecule has 0 atom stereocenters. The minimum absolute atomic E-state index is 0.00454. The molecular formula is C23H25NO3. The van der Waals surface area contributed by atoms with Gasteiger partial charge in [0, 0.05) is 12.0 Å². The van der Waals surface area contributed by atoms with Gasteiger partial charge in [-0.25, -0.2) is 0 Å². The van der Waals surface area contributed by atoms with Gasteiger partial charge in [0.1, 0.15) is 5.58 Å². The second kappa shape index (κ2) is 7.39. The van der Waals surface area contributed by atoms with Crippen LogP contribution in [-0.2, 0) is 17.9 Å². The molecule has 0 fully saturated rings. The van der Waals surface area contributed by atoms with Gasteiger partial charge in [0.15, 0.2) is 5.43 Å². The number of benzene rings is 2. The minimum atomic E-state index is -0.539. The summed E-state index contributed by atoms with van der Waals surface area (Å²) in [4.78, 5) is 27.7. The van der Waals surface area contributed by atoms with Crippen molar-refractivity contribution in [3.05, 3.63) is 81.7 Å². The van der Waals surface area contributed by atoms with Crippen molar-refractivity contribution in [2.45, 2.75) is 40.8 Å². The largest absolute Gasteiger partial charge is 0.464 e. The van der Waals surface area contributed by atoms with Crippen molar-refractivity contribution in [3.8, 4) is 0 Å². The molecule has 0 saturated carbocycles. The fourth-order valence-electron chi connectivity index (χ4n) is 3.08. The quantitative estimate of drug-likeness (QED) is 0.676. The lowest BCUT2D eigenvalue weighted by Crippen LogP contribution is -2.39. The summed E-state index contributed by atoms with van der Waals surface area (Å²) >= 11 is 0. The van der Waals surface area contributed by atoms with Gasteiger partial charge >= 0.3 is 0 Å². The first-order chi connectivity index (χ1) is 12.8. The monoisotopic (exact) mass is 363 g/mol. The van der Waals surface area contributed by atoms with Crippen LogP contribution in [0.2, 0.25) is 0 Å². The van der Waals surface area contributed by atoms with Gasteiger partial charge in [-0.05, 0) is 24.6 Å². The van der Waals surface area contributed by atoms with Crippen molar-refractivity contribution in [1.29, 1.82) is 0 Å². The fourth-order valence-corrected chi connectivity index (χ4v) is 3.08. The molecule has 27 heavy (non-hydrogen) atoms. The lowest BCUT2D eigenvalue weighted by Gasteiger charge is -2.29. The van der Waals surface area contributed by atoms with Crippen LogP contribution in [-0.4, -0.2) is 10.8 Å². The number of aryl methyl sites for hydroxylation is 1. The van der Waals surface area contributed by atoms with Crippen LogP contribution in [0.25, 0.3) is 11.0 Å². The Morgan fingerprint density at radius 2 is 1.74 bits per heavy atom. The van der Waals surface area contributed by atoms with E-state index < -0.39 is 5.41 Å². The van der Waals surface area contributed by atoms with E-state index in [0.717, 1.165) is 11.1 Å². The number of carbonyl (C=O) groups is 1. The van der Waals surface area contributed by atoms with E-state index >= 15 is 0 Å². The zero-order valence-electron chi connectivity index (χ0n) is 16.3. The van der Waals surface area contributed by atoms with Gasteiger partial charge in [-0.1, -0.05) is 62.7 Å². The summed E-state index contributed by atoms with van der Waals surface area (Å²) in [6.07, 6.45) is 1.48. The summed E-state index contributed by atoms with van der Waals surface area (Å²) < 4.78 is 5.66. The van der Waals surface area contributed by atoms with E-state index in [1.54, 1.807) is 11.0 Å².